The molecular weight excluding hydrogens is 719 g/mol. The largest absolute Gasteiger partial charge is 1.00 e. The van der Waals surface area contributed by atoms with Crippen molar-refractivity contribution in [3.8, 4) is 0 Å². The average Bonchev–Trinajstić information content (AvgIpc) is 3.29. The molecule has 0 atom stereocenters. The molecular formula is C35H42Cl2KN2O6S2+. The molecule has 0 fully saturated rings. The number of nitrogens with zero attached hydrogens (tertiary/aromatic N) is 2. The van der Waals surface area contributed by atoms with E-state index in [0.717, 1.165) is 33.9 Å². The minimum atomic E-state index is -4.25. The summed E-state index contributed by atoms with van der Waals surface area (Å²) in [6, 6.07) is 11.6. The minimum Gasteiger partial charge on any atom is -0.748 e. The number of anilines is 1. The van der Waals surface area contributed by atoms with E-state index >= 15 is 0 Å². The summed E-state index contributed by atoms with van der Waals surface area (Å²) in [6.45, 7) is 9.69. The zero-order valence-electron chi connectivity index (χ0n) is 28.1. The molecule has 2 aromatic carbocycles. The van der Waals surface area contributed by atoms with E-state index in [4.69, 9.17) is 27.8 Å². The first-order valence-electron chi connectivity index (χ1n) is 15.6. The van der Waals surface area contributed by atoms with Crippen LogP contribution in [0.1, 0.15) is 64.5 Å². The van der Waals surface area contributed by atoms with Crippen molar-refractivity contribution in [2.45, 2.75) is 64.2 Å². The third kappa shape index (κ3) is 10.5. The van der Waals surface area contributed by atoms with Gasteiger partial charge in [0.2, 0.25) is 5.69 Å². The number of benzene rings is 2. The quantitative estimate of drug-likeness (QED) is 0.0975. The topological polar surface area (TPSA) is 118 Å². The SMILES string of the molecule is CC1(C)C(/C=C/C=C/C=C/C=C2/N(CCCCS(=O)(=O)[O-])c3ccc(Cl)cc3C2(C)C)=[N+](CCCCS(=O)(=O)O)c2ccc(Cl)cc21.[K+]. The molecule has 2 aliphatic heterocycles. The van der Waals surface area contributed by atoms with Crippen LogP contribution in [-0.2, 0) is 31.1 Å². The van der Waals surface area contributed by atoms with E-state index in [-0.39, 0.29) is 73.7 Å². The molecule has 0 aromatic heterocycles. The molecule has 0 aliphatic carbocycles. The molecule has 48 heavy (non-hydrogen) atoms. The van der Waals surface area contributed by atoms with Gasteiger partial charge in [-0.1, -0.05) is 67.4 Å². The maximum absolute atomic E-state index is 11.2. The monoisotopic (exact) mass is 759 g/mol. The Morgan fingerprint density at radius 2 is 1.42 bits per heavy atom. The van der Waals surface area contributed by atoms with Crippen molar-refractivity contribution >= 4 is 60.5 Å². The molecule has 0 spiro atoms. The fourth-order valence-electron chi connectivity index (χ4n) is 6.37. The van der Waals surface area contributed by atoms with Crippen molar-refractivity contribution in [2.75, 3.05) is 29.5 Å². The molecule has 0 radical (unpaired) electrons. The molecule has 13 heteroatoms. The molecule has 2 aliphatic rings. The first-order chi connectivity index (χ1) is 21.9. The third-order valence-electron chi connectivity index (χ3n) is 8.72. The van der Waals surface area contributed by atoms with E-state index < -0.39 is 20.2 Å². The number of fused-ring (bicyclic) bond motifs is 2. The van der Waals surface area contributed by atoms with Gasteiger partial charge in [-0.25, -0.2) is 8.42 Å². The van der Waals surface area contributed by atoms with Crippen LogP contribution in [0.15, 0.2) is 84.6 Å². The number of allylic oxidation sites excluding steroid dienone is 8. The van der Waals surface area contributed by atoms with E-state index in [0.29, 0.717) is 48.8 Å². The van der Waals surface area contributed by atoms with Gasteiger partial charge in [-0.3, -0.25) is 4.55 Å². The minimum absolute atomic E-state index is 0. The Bertz CT molecular complexity index is 1880. The van der Waals surface area contributed by atoms with Gasteiger partial charge in [-0.2, -0.15) is 13.0 Å². The van der Waals surface area contributed by atoms with Gasteiger partial charge in [0.05, 0.1) is 21.3 Å². The third-order valence-corrected chi connectivity index (χ3v) is 10.8. The van der Waals surface area contributed by atoms with E-state index in [1.165, 1.54) is 0 Å². The van der Waals surface area contributed by atoms with Crippen molar-refractivity contribution in [3.63, 3.8) is 0 Å². The molecule has 4 rings (SSSR count). The van der Waals surface area contributed by atoms with Gasteiger partial charge in [-0.15, -0.1) is 0 Å². The molecule has 2 aromatic rings. The molecule has 0 amide bonds. The van der Waals surface area contributed by atoms with Crippen LogP contribution < -0.4 is 56.3 Å². The first kappa shape index (κ1) is 41.3. The summed E-state index contributed by atoms with van der Waals surface area (Å²) in [6.07, 6.45) is 15.7. The van der Waals surface area contributed by atoms with Crippen LogP contribution in [0.5, 0.6) is 0 Å². The molecule has 254 valence electrons. The Morgan fingerprint density at radius 1 is 0.812 bits per heavy atom. The zero-order valence-corrected chi connectivity index (χ0v) is 34.4. The van der Waals surface area contributed by atoms with Crippen molar-refractivity contribution in [3.05, 3.63) is 106 Å². The van der Waals surface area contributed by atoms with Crippen LogP contribution in [0, 0.1) is 0 Å². The van der Waals surface area contributed by atoms with E-state index in [9.17, 15) is 21.4 Å². The second-order valence-corrected chi connectivity index (χ2v) is 16.9. The molecule has 1 N–H and O–H groups in total. The fraction of sp³-hybridized carbons (Fsp3) is 0.400. The van der Waals surface area contributed by atoms with Crippen LogP contribution in [0.2, 0.25) is 10.0 Å². The molecule has 0 unspecified atom stereocenters. The Balaban J connectivity index is 0.00000625. The first-order valence-corrected chi connectivity index (χ1v) is 19.5. The zero-order chi connectivity index (χ0) is 34.6. The standard InChI is InChI=1S/C35H42Cl2N2O6S2.K/c1-34(2)28-24-26(36)16-18-30(28)38(20-10-12-22-46(40,41)42)32(34)14-8-6-5-7-9-15-33-35(3,4)29-25-27(37)17-19-31(29)39(33)21-11-13-23-47(43,44)45;/h5-9,14-19,24-25H,10-13,20-23H2,1-4H3,(H-,40,41,42,43,44,45);/q;+1. The number of unbranched alkanes of at least 4 members (excludes halogenated alkanes) is 2. The summed E-state index contributed by atoms with van der Waals surface area (Å²) in [5.74, 6) is -0.647. The van der Waals surface area contributed by atoms with Gasteiger partial charge >= 0.3 is 51.4 Å². The van der Waals surface area contributed by atoms with Crippen LogP contribution in [0.4, 0.5) is 11.4 Å². The number of hydrogen-bond donors (Lipinski definition) is 1. The van der Waals surface area contributed by atoms with Gasteiger partial charge in [0, 0.05) is 63.3 Å². The summed E-state index contributed by atoms with van der Waals surface area (Å²) < 4.78 is 67.0. The van der Waals surface area contributed by atoms with E-state index in [1.807, 2.05) is 66.8 Å². The Hall–Kier alpha value is -1.09. The molecule has 0 bridgehead atoms. The Kier molecular flexibility index (Phi) is 14.6. The molecule has 2 heterocycles. The second-order valence-electron chi connectivity index (χ2n) is 12.9. The number of halogens is 2. The predicted molar refractivity (Wildman–Crippen MR) is 191 cm³/mol. The van der Waals surface area contributed by atoms with Gasteiger partial charge in [0.25, 0.3) is 10.1 Å². The molecule has 0 saturated heterocycles. The van der Waals surface area contributed by atoms with Crippen LogP contribution in [0.3, 0.4) is 0 Å². The summed E-state index contributed by atoms with van der Waals surface area (Å²) >= 11 is 12.7. The normalized spacial score (nSPS) is 18.0. The van der Waals surface area contributed by atoms with Crippen molar-refractivity contribution in [1.29, 1.82) is 0 Å². The van der Waals surface area contributed by atoms with Gasteiger partial charge < -0.3 is 9.45 Å². The predicted octanol–water partition coefficient (Wildman–Crippen LogP) is 4.72. The summed E-state index contributed by atoms with van der Waals surface area (Å²) in [7, 11) is -8.26. The van der Waals surface area contributed by atoms with E-state index in [2.05, 4.69) is 49.3 Å². The maximum Gasteiger partial charge on any atom is 1.00 e. The van der Waals surface area contributed by atoms with Gasteiger partial charge in [-0.05, 0) is 75.1 Å². The summed E-state index contributed by atoms with van der Waals surface area (Å²) in [5.41, 5.74) is 5.65. The summed E-state index contributed by atoms with van der Waals surface area (Å²) in [5, 5.41) is 1.30. The van der Waals surface area contributed by atoms with Gasteiger partial charge in [0.15, 0.2) is 5.71 Å². The smallest absolute Gasteiger partial charge is 0.748 e. The fourth-order valence-corrected chi connectivity index (χ4v) is 7.84. The molecule has 8 nitrogen and oxygen atoms in total. The van der Waals surface area contributed by atoms with Crippen molar-refractivity contribution in [1.82, 2.24) is 0 Å². The number of hydrogen-bond acceptors (Lipinski definition) is 6. The van der Waals surface area contributed by atoms with E-state index in [1.54, 1.807) is 0 Å². The Morgan fingerprint density at radius 3 is 2.08 bits per heavy atom. The average molecular weight is 761 g/mol. The number of rotatable bonds is 14. The Labute approximate surface area is 338 Å². The van der Waals surface area contributed by atoms with Crippen LogP contribution in [0.25, 0.3) is 0 Å². The van der Waals surface area contributed by atoms with Crippen molar-refractivity contribution < 1.29 is 81.9 Å². The van der Waals surface area contributed by atoms with Crippen molar-refractivity contribution in [2.24, 2.45) is 0 Å². The maximum atomic E-state index is 11.2. The van der Waals surface area contributed by atoms with Crippen LogP contribution in [-0.4, -0.2) is 60.8 Å². The van der Waals surface area contributed by atoms with Crippen LogP contribution >= 0.6 is 23.2 Å². The second kappa shape index (κ2) is 16.9. The summed E-state index contributed by atoms with van der Waals surface area (Å²) in [4.78, 5) is 2.17. The van der Waals surface area contributed by atoms with Gasteiger partial charge in [0.1, 0.15) is 6.54 Å². The molecule has 0 saturated carbocycles.